The summed E-state index contributed by atoms with van der Waals surface area (Å²) in [5.74, 6) is -2.79. The van der Waals surface area contributed by atoms with Crippen molar-refractivity contribution in [2.75, 3.05) is 20.7 Å². The van der Waals surface area contributed by atoms with Gasteiger partial charge in [0.2, 0.25) is 6.41 Å². The van der Waals surface area contributed by atoms with Gasteiger partial charge in [0.05, 0.1) is 47.6 Å². The number of hydrogen-bond donors (Lipinski definition) is 6. The van der Waals surface area contributed by atoms with Gasteiger partial charge in [-0.1, -0.05) is 20.8 Å². The van der Waals surface area contributed by atoms with Crippen LogP contribution in [-0.4, -0.2) is 154 Å². The van der Waals surface area contributed by atoms with E-state index in [-0.39, 0.29) is 25.2 Å². The molecule has 0 spiro atoms. The Hall–Kier alpha value is -1.50. The molecule has 0 radical (unpaired) electrons. The molecule has 0 saturated carbocycles. The van der Waals surface area contributed by atoms with Crippen molar-refractivity contribution >= 4 is 12.4 Å². The van der Waals surface area contributed by atoms with E-state index >= 15 is 0 Å². The number of likely N-dealkylation sites (N-methyl/N-ethyl adjacent to an activating group) is 1. The maximum atomic E-state index is 14.2. The Balaban J connectivity index is 2.17. The van der Waals surface area contributed by atoms with E-state index in [4.69, 9.17) is 28.4 Å². The van der Waals surface area contributed by atoms with Gasteiger partial charge in [-0.3, -0.25) is 9.59 Å². The van der Waals surface area contributed by atoms with E-state index in [9.17, 15) is 35.1 Å². The average molecular weight is 749 g/mol. The number of cyclic esters (lactones) is 1. The van der Waals surface area contributed by atoms with Crippen molar-refractivity contribution < 1.29 is 63.5 Å². The molecule has 304 valence electrons. The highest BCUT2D eigenvalue weighted by molar-refractivity contribution is 5.73. The van der Waals surface area contributed by atoms with E-state index < -0.39 is 108 Å². The second kappa shape index (κ2) is 18.0. The van der Waals surface area contributed by atoms with Gasteiger partial charge in [-0.05, 0) is 80.7 Å². The fourth-order valence-electron chi connectivity index (χ4n) is 8.50. The van der Waals surface area contributed by atoms with E-state index in [1.165, 1.54) is 14.0 Å². The minimum atomic E-state index is -1.82. The van der Waals surface area contributed by atoms with Crippen LogP contribution >= 0.6 is 0 Å². The highest BCUT2D eigenvalue weighted by Gasteiger charge is 2.52. The number of esters is 1. The van der Waals surface area contributed by atoms with Crippen LogP contribution in [0.15, 0.2) is 0 Å². The maximum Gasteiger partial charge on any atom is 0.311 e. The number of hydrogen-bond acceptors (Lipinski definition) is 14. The van der Waals surface area contributed by atoms with Crippen LogP contribution in [0.4, 0.5) is 0 Å². The Morgan fingerprint density at radius 3 is 2.19 bits per heavy atom. The van der Waals surface area contributed by atoms with Crippen molar-refractivity contribution in [3.05, 3.63) is 0 Å². The molecule has 15 nitrogen and oxygen atoms in total. The van der Waals surface area contributed by atoms with Gasteiger partial charge in [0.1, 0.15) is 30.0 Å². The van der Waals surface area contributed by atoms with E-state index in [0.29, 0.717) is 19.4 Å². The first-order valence-electron chi connectivity index (χ1n) is 18.8. The highest BCUT2D eigenvalue weighted by Crippen LogP contribution is 2.40. The van der Waals surface area contributed by atoms with E-state index in [0.717, 1.165) is 0 Å². The summed E-state index contributed by atoms with van der Waals surface area (Å²) in [4.78, 5) is 27.4. The minimum absolute atomic E-state index is 0.0999. The fraction of sp³-hybridized carbons (Fsp3) is 0.946. The first-order valence-corrected chi connectivity index (χ1v) is 18.8. The molecular formula is C37H68N2O13. The second-order valence-electron chi connectivity index (χ2n) is 16.5. The third kappa shape index (κ3) is 10.0. The molecule has 15 heteroatoms. The molecule has 0 unspecified atom stereocenters. The lowest BCUT2D eigenvalue weighted by Crippen LogP contribution is -2.60. The van der Waals surface area contributed by atoms with E-state index in [1.54, 1.807) is 55.4 Å². The number of amides is 1. The second-order valence-corrected chi connectivity index (χ2v) is 16.5. The molecule has 3 saturated heterocycles. The number of carbonyl (C=O) groups excluding carboxylic acids is 2. The normalized spacial score (nSPS) is 49.3. The van der Waals surface area contributed by atoms with Gasteiger partial charge in [-0.15, -0.1) is 0 Å². The molecule has 0 aromatic heterocycles. The van der Waals surface area contributed by atoms with Crippen LogP contribution in [-0.2, 0) is 38.0 Å². The maximum absolute atomic E-state index is 14.2. The molecule has 0 aromatic carbocycles. The number of ether oxygens (including phenoxy) is 6. The molecule has 3 aliphatic heterocycles. The van der Waals surface area contributed by atoms with Crippen molar-refractivity contribution in [2.24, 2.45) is 17.8 Å². The van der Waals surface area contributed by atoms with Crippen molar-refractivity contribution in [1.82, 2.24) is 10.2 Å². The molecular weight excluding hydrogens is 680 g/mol. The van der Waals surface area contributed by atoms with Crippen LogP contribution in [0.5, 0.6) is 0 Å². The van der Waals surface area contributed by atoms with Gasteiger partial charge >= 0.3 is 5.97 Å². The molecule has 3 fully saturated rings. The molecule has 3 aliphatic rings. The number of nitrogens with zero attached hydrogens (tertiary/aromatic N) is 1. The van der Waals surface area contributed by atoms with Crippen LogP contribution in [0, 0.1) is 17.8 Å². The zero-order valence-corrected chi connectivity index (χ0v) is 33.2. The standard InChI is InChI=1S/C37H68N2O13/c1-13-26-37(10,46)30(42)23(6)39(11)17-19(2)15-35(8,45)32(52-34-28(41)25(38-18-40)14-20(3)48-34)21(4)29(22(5)33(44)50-26)51-27-16-36(9,47-12)31(43)24(7)49-27/h18-32,34,41-43,45-46H,13-17H2,1-12H3,(H,38,40)/t19-,20-,21+,22-,23-,24+,25+,26-,27+,28-,29+,30-,31+,32-,34+,35-,36-,37-/m1/s1. The summed E-state index contributed by atoms with van der Waals surface area (Å²) in [5.41, 5.74) is -4.50. The summed E-state index contributed by atoms with van der Waals surface area (Å²) >= 11 is 0. The van der Waals surface area contributed by atoms with Crippen LogP contribution in [0.25, 0.3) is 0 Å². The summed E-state index contributed by atoms with van der Waals surface area (Å²) in [6.45, 7) is 17.6. The molecule has 0 aliphatic carbocycles. The predicted molar refractivity (Wildman–Crippen MR) is 190 cm³/mol. The number of aliphatic hydroxyl groups excluding tert-OH is 3. The lowest BCUT2D eigenvalue weighted by molar-refractivity contribution is -0.315. The van der Waals surface area contributed by atoms with Gasteiger partial charge in [0.25, 0.3) is 0 Å². The van der Waals surface area contributed by atoms with Gasteiger partial charge in [-0.2, -0.15) is 0 Å². The first kappa shape index (κ1) is 44.9. The predicted octanol–water partition coefficient (Wildman–Crippen LogP) is 1.09. The van der Waals surface area contributed by atoms with Crippen molar-refractivity contribution in [3.8, 4) is 0 Å². The number of nitrogens with one attached hydrogen (secondary N) is 1. The Morgan fingerprint density at radius 1 is 0.981 bits per heavy atom. The van der Waals surface area contributed by atoms with Crippen LogP contribution in [0.2, 0.25) is 0 Å². The van der Waals surface area contributed by atoms with Gasteiger partial charge in [0, 0.05) is 32.0 Å². The number of rotatable bonds is 8. The summed E-state index contributed by atoms with van der Waals surface area (Å²) in [6, 6.07) is -1.24. The number of methoxy groups -OCH3 is 1. The third-order valence-corrected chi connectivity index (χ3v) is 11.9. The highest BCUT2D eigenvalue weighted by atomic mass is 16.7. The van der Waals surface area contributed by atoms with Crippen molar-refractivity contribution in [2.45, 2.75) is 185 Å². The summed E-state index contributed by atoms with van der Waals surface area (Å²) in [5, 5.41) is 60.4. The Labute approximate surface area is 309 Å². The molecule has 18 atom stereocenters. The molecule has 1 amide bonds. The van der Waals surface area contributed by atoms with Crippen LogP contribution < -0.4 is 5.32 Å². The molecule has 3 rings (SSSR count). The minimum Gasteiger partial charge on any atom is -0.459 e. The molecule has 3 heterocycles. The zero-order chi connectivity index (χ0) is 39.5. The Bertz CT molecular complexity index is 1160. The number of carbonyl (C=O) groups is 2. The third-order valence-electron chi connectivity index (χ3n) is 11.9. The lowest BCUT2D eigenvalue weighted by atomic mass is 9.77. The van der Waals surface area contributed by atoms with Gasteiger partial charge in [-0.25, -0.2) is 0 Å². The van der Waals surface area contributed by atoms with Gasteiger partial charge in [0.15, 0.2) is 12.6 Å². The van der Waals surface area contributed by atoms with E-state index in [1.807, 2.05) is 18.9 Å². The lowest BCUT2D eigenvalue weighted by Gasteiger charge is -2.48. The first-order chi connectivity index (χ1) is 24.0. The van der Waals surface area contributed by atoms with Crippen LogP contribution in [0.1, 0.15) is 94.9 Å². The fourth-order valence-corrected chi connectivity index (χ4v) is 8.50. The summed E-state index contributed by atoms with van der Waals surface area (Å²) in [6.07, 6.45) is -8.89. The molecule has 0 bridgehead atoms. The van der Waals surface area contributed by atoms with E-state index in [2.05, 4.69) is 5.32 Å². The largest absolute Gasteiger partial charge is 0.459 e. The summed E-state index contributed by atoms with van der Waals surface area (Å²) in [7, 11) is 3.30. The quantitative estimate of drug-likeness (QED) is 0.152. The van der Waals surface area contributed by atoms with Crippen molar-refractivity contribution in [3.63, 3.8) is 0 Å². The Kier molecular flexibility index (Phi) is 15.5. The zero-order valence-electron chi connectivity index (χ0n) is 33.2. The SMILES string of the molecule is CC[C@H]1OC(=O)[C@H](C)[C@@H](O[C@H]2C[C@@](C)(OC)[C@@H](O)[C@H](C)O2)[C@H](C)[C@@H](O[C@@H]2O[C@H](C)C[C@H](NC=O)[C@H]2O)[C@](C)(O)C[C@@H](C)CN(C)[C@H](C)[C@@H](O)[C@]1(C)O. The molecule has 0 aromatic rings. The average Bonchev–Trinajstić information content (AvgIpc) is 3.06. The molecule has 52 heavy (non-hydrogen) atoms. The van der Waals surface area contributed by atoms with Crippen molar-refractivity contribution in [1.29, 1.82) is 0 Å². The number of aliphatic hydroxyl groups is 5. The molecule has 6 N–H and O–H groups in total. The summed E-state index contributed by atoms with van der Waals surface area (Å²) < 4.78 is 37.1. The smallest absolute Gasteiger partial charge is 0.311 e. The van der Waals surface area contributed by atoms with Crippen LogP contribution in [0.3, 0.4) is 0 Å². The topological polar surface area (TPSA) is 206 Å². The Morgan fingerprint density at radius 2 is 1.62 bits per heavy atom. The monoisotopic (exact) mass is 748 g/mol. The van der Waals surface area contributed by atoms with Gasteiger partial charge < -0.3 is 64.2 Å².